The summed E-state index contributed by atoms with van der Waals surface area (Å²) in [6.45, 7) is 1.86. The summed E-state index contributed by atoms with van der Waals surface area (Å²) in [5.41, 5.74) is 1.67. The quantitative estimate of drug-likeness (QED) is 0.602. The molecule has 0 spiro atoms. The topological polar surface area (TPSA) is 33.1 Å². The summed E-state index contributed by atoms with van der Waals surface area (Å²) >= 11 is 0. The van der Waals surface area contributed by atoms with Crippen LogP contribution in [-0.4, -0.2) is 10.1 Å². The number of aryl methyl sites for hydroxylation is 1. The van der Waals surface area contributed by atoms with Gasteiger partial charge in [0.2, 0.25) is 0 Å². The first-order valence-electron chi connectivity index (χ1n) is 3.30. The van der Waals surface area contributed by atoms with Gasteiger partial charge >= 0.3 is 0 Å². The van der Waals surface area contributed by atoms with Crippen LogP contribution in [0.3, 0.4) is 0 Å². The third-order valence-electron chi connectivity index (χ3n) is 1.52. The van der Waals surface area contributed by atoms with Crippen molar-refractivity contribution in [3.63, 3.8) is 0 Å². The molecule has 0 aromatic carbocycles. The van der Waals surface area contributed by atoms with Crippen LogP contribution in [0.4, 0.5) is 0 Å². The Bertz CT molecular complexity index is 288. The van der Waals surface area contributed by atoms with E-state index in [1.54, 1.807) is 18.5 Å². The van der Waals surface area contributed by atoms with Crippen LogP contribution in [-0.2, 0) is 0 Å². The summed E-state index contributed by atoms with van der Waals surface area (Å²) in [7, 11) is 0. The number of aliphatic hydroxyl groups is 1. The van der Waals surface area contributed by atoms with Gasteiger partial charge in [0.25, 0.3) is 0 Å². The first-order chi connectivity index (χ1) is 5.25. The number of aromatic nitrogens is 1. The second-order valence-electron chi connectivity index (χ2n) is 2.30. The van der Waals surface area contributed by atoms with Gasteiger partial charge in [-0.2, -0.15) is 0 Å². The average Bonchev–Trinajstić information content (AvgIpc) is 2.04. The monoisotopic (exact) mass is 147 g/mol. The summed E-state index contributed by atoms with van der Waals surface area (Å²) in [4.78, 5) is 3.88. The Hall–Kier alpha value is -1.33. The SMILES string of the molecule is C#C[C@@H](O)c1ccncc1C. The van der Waals surface area contributed by atoms with Gasteiger partial charge in [-0.15, -0.1) is 6.42 Å². The predicted molar refractivity (Wildman–Crippen MR) is 42.8 cm³/mol. The molecule has 0 fully saturated rings. The Morgan fingerprint density at radius 2 is 2.45 bits per heavy atom. The van der Waals surface area contributed by atoms with Crippen LogP contribution < -0.4 is 0 Å². The molecule has 1 aromatic rings. The molecule has 2 heteroatoms. The highest BCUT2D eigenvalue weighted by atomic mass is 16.3. The van der Waals surface area contributed by atoms with Gasteiger partial charge in [-0.3, -0.25) is 4.98 Å². The molecule has 0 saturated heterocycles. The summed E-state index contributed by atoms with van der Waals surface area (Å²) in [5, 5.41) is 9.25. The Kier molecular flexibility index (Phi) is 2.25. The van der Waals surface area contributed by atoms with Crippen molar-refractivity contribution < 1.29 is 5.11 Å². The number of pyridine rings is 1. The van der Waals surface area contributed by atoms with Gasteiger partial charge in [-0.25, -0.2) is 0 Å². The smallest absolute Gasteiger partial charge is 0.140 e. The zero-order valence-electron chi connectivity index (χ0n) is 6.28. The van der Waals surface area contributed by atoms with Crippen molar-refractivity contribution in [2.24, 2.45) is 0 Å². The minimum absolute atomic E-state index is 0.752. The number of terminal acetylenes is 1. The fourth-order valence-electron chi connectivity index (χ4n) is 0.881. The lowest BCUT2D eigenvalue weighted by atomic mass is 10.1. The van der Waals surface area contributed by atoms with E-state index in [1.165, 1.54) is 0 Å². The zero-order valence-corrected chi connectivity index (χ0v) is 6.28. The van der Waals surface area contributed by atoms with Gasteiger partial charge in [0.1, 0.15) is 6.10 Å². The molecule has 0 aliphatic heterocycles. The normalized spacial score (nSPS) is 12.1. The fourth-order valence-corrected chi connectivity index (χ4v) is 0.881. The number of hydrogen-bond donors (Lipinski definition) is 1. The van der Waals surface area contributed by atoms with Crippen LogP contribution in [0.5, 0.6) is 0 Å². The first-order valence-corrected chi connectivity index (χ1v) is 3.30. The number of aliphatic hydroxyl groups excluding tert-OH is 1. The Morgan fingerprint density at radius 3 is 3.00 bits per heavy atom. The van der Waals surface area contributed by atoms with E-state index in [0.29, 0.717) is 0 Å². The Balaban J connectivity index is 3.05. The molecular weight excluding hydrogens is 138 g/mol. The largest absolute Gasteiger partial charge is 0.376 e. The van der Waals surface area contributed by atoms with Gasteiger partial charge in [0, 0.05) is 12.4 Å². The van der Waals surface area contributed by atoms with E-state index in [4.69, 9.17) is 6.42 Å². The lowest BCUT2D eigenvalue weighted by Crippen LogP contribution is -1.96. The molecule has 56 valence electrons. The lowest BCUT2D eigenvalue weighted by molar-refractivity contribution is 0.237. The molecule has 1 atom stereocenters. The van der Waals surface area contributed by atoms with Crippen molar-refractivity contribution in [2.45, 2.75) is 13.0 Å². The molecule has 0 aliphatic rings. The summed E-state index contributed by atoms with van der Waals surface area (Å²) in [6, 6.07) is 1.72. The zero-order chi connectivity index (χ0) is 8.27. The van der Waals surface area contributed by atoms with Crippen molar-refractivity contribution in [2.75, 3.05) is 0 Å². The van der Waals surface area contributed by atoms with Crippen LogP contribution in [0.2, 0.25) is 0 Å². The molecule has 1 heterocycles. The summed E-state index contributed by atoms with van der Waals surface area (Å²) in [6.07, 6.45) is 7.54. The van der Waals surface area contributed by atoms with Crippen LogP contribution in [0.1, 0.15) is 17.2 Å². The van der Waals surface area contributed by atoms with E-state index in [9.17, 15) is 5.11 Å². The Labute approximate surface area is 65.9 Å². The van der Waals surface area contributed by atoms with Gasteiger partial charge < -0.3 is 5.11 Å². The highest BCUT2D eigenvalue weighted by molar-refractivity contribution is 5.28. The van der Waals surface area contributed by atoms with Crippen LogP contribution in [0, 0.1) is 19.3 Å². The number of nitrogens with zero attached hydrogens (tertiary/aromatic N) is 1. The highest BCUT2D eigenvalue weighted by Crippen LogP contribution is 2.14. The number of hydrogen-bond acceptors (Lipinski definition) is 2. The lowest BCUT2D eigenvalue weighted by Gasteiger charge is -2.05. The molecule has 1 aromatic heterocycles. The van der Waals surface area contributed by atoms with Gasteiger partial charge in [-0.1, -0.05) is 5.92 Å². The van der Waals surface area contributed by atoms with E-state index in [0.717, 1.165) is 11.1 Å². The maximum Gasteiger partial charge on any atom is 0.140 e. The molecule has 0 radical (unpaired) electrons. The Morgan fingerprint density at radius 1 is 1.73 bits per heavy atom. The molecule has 2 nitrogen and oxygen atoms in total. The molecule has 11 heavy (non-hydrogen) atoms. The fraction of sp³-hybridized carbons (Fsp3) is 0.222. The van der Waals surface area contributed by atoms with Crippen LogP contribution in [0.25, 0.3) is 0 Å². The minimum atomic E-state index is -0.807. The molecule has 0 bridgehead atoms. The van der Waals surface area contributed by atoms with Gasteiger partial charge in [0.05, 0.1) is 0 Å². The third-order valence-corrected chi connectivity index (χ3v) is 1.52. The second kappa shape index (κ2) is 3.18. The molecule has 0 amide bonds. The van der Waals surface area contributed by atoms with E-state index in [-0.39, 0.29) is 0 Å². The van der Waals surface area contributed by atoms with E-state index in [2.05, 4.69) is 10.9 Å². The van der Waals surface area contributed by atoms with Gasteiger partial charge in [-0.05, 0) is 24.1 Å². The standard InChI is InChI=1S/C9H9NO/c1-3-9(11)8-4-5-10-6-7(8)2/h1,4-6,9,11H,2H3/t9-/m1/s1. The molecule has 0 aliphatic carbocycles. The number of rotatable bonds is 1. The molecule has 0 unspecified atom stereocenters. The maximum atomic E-state index is 9.25. The van der Waals surface area contributed by atoms with Crippen LogP contribution >= 0.6 is 0 Å². The van der Waals surface area contributed by atoms with Crippen molar-refractivity contribution in [1.82, 2.24) is 4.98 Å². The first kappa shape index (κ1) is 7.77. The summed E-state index contributed by atoms with van der Waals surface area (Å²) in [5.74, 6) is 2.25. The molecule has 0 saturated carbocycles. The molecule has 1 N–H and O–H groups in total. The molecular formula is C9H9NO. The van der Waals surface area contributed by atoms with Crippen molar-refractivity contribution in [3.8, 4) is 12.3 Å². The summed E-state index contributed by atoms with van der Waals surface area (Å²) < 4.78 is 0. The van der Waals surface area contributed by atoms with Crippen molar-refractivity contribution in [3.05, 3.63) is 29.6 Å². The van der Waals surface area contributed by atoms with E-state index < -0.39 is 6.10 Å². The maximum absolute atomic E-state index is 9.25. The van der Waals surface area contributed by atoms with Gasteiger partial charge in [0.15, 0.2) is 0 Å². The van der Waals surface area contributed by atoms with Crippen molar-refractivity contribution in [1.29, 1.82) is 0 Å². The third kappa shape index (κ3) is 1.57. The van der Waals surface area contributed by atoms with Crippen molar-refractivity contribution >= 4 is 0 Å². The van der Waals surface area contributed by atoms with E-state index in [1.807, 2.05) is 6.92 Å². The second-order valence-corrected chi connectivity index (χ2v) is 2.30. The van der Waals surface area contributed by atoms with Crippen LogP contribution in [0.15, 0.2) is 18.5 Å². The van der Waals surface area contributed by atoms with E-state index >= 15 is 0 Å². The minimum Gasteiger partial charge on any atom is -0.376 e. The predicted octanol–water partition coefficient (Wildman–Crippen LogP) is 1.06. The highest BCUT2D eigenvalue weighted by Gasteiger charge is 2.04. The molecule has 1 rings (SSSR count). The average molecular weight is 147 g/mol.